The molecule has 1 aromatic rings. The number of carbonyl (C=O) groups is 1. The molecule has 1 rings (SSSR count). The van der Waals surface area contributed by atoms with Crippen molar-refractivity contribution in [2.75, 3.05) is 36.9 Å². The van der Waals surface area contributed by atoms with Crippen molar-refractivity contribution >= 4 is 17.3 Å². The van der Waals surface area contributed by atoms with E-state index in [0.717, 1.165) is 24.3 Å². The van der Waals surface area contributed by atoms with Gasteiger partial charge in [0, 0.05) is 24.5 Å². The quantitative estimate of drug-likeness (QED) is 0.810. The third-order valence-corrected chi connectivity index (χ3v) is 2.95. The Bertz CT molecular complexity index is 400. The Kier molecular flexibility index (Phi) is 5.65. The van der Waals surface area contributed by atoms with Gasteiger partial charge < -0.3 is 15.5 Å². The summed E-state index contributed by atoms with van der Waals surface area (Å²) < 4.78 is 0. The van der Waals surface area contributed by atoms with E-state index in [-0.39, 0.29) is 5.91 Å². The highest BCUT2D eigenvalue weighted by molar-refractivity contribution is 5.93. The number of hydrogen-bond donors (Lipinski definition) is 2. The molecule has 0 saturated carbocycles. The smallest absolute Gasteiger partial charge is 0.238 e. The monoisotopic (exact) mass is 249 g/mol. The number of hydrogen-bond acceptors (Lipinski definition) is 3. The predicted octanol–water partition coefficient (Wildman–Crippen LogP) is 2.00. The molecule has 0 aliphatic carbocycles. The van der Waals surface area contributed by atoms with Crippen molar-refractivity contribution in [1.82, 2.24) is 5.32 Å². The Hall–Kier alpha value is -1.55. The first-order valence-electron chi connectivity index (χ1n) is 6.42. The summed E-state index contributed by atoms with van der Waals surface area (Å²) in [5.41, 5.74) is 3.17. The Morgan fingerprint density at radius 1 is 1.28 bits per heavy atom. The summed E-state index contributed by atoms with van der Waals surface area (Å²) in [4.78, 5) is 13.8. The number of nitrogens with one attached hydrogen (secondary N) is 2. The third-order valence-electron chi connectivity index (χ3n) is 2.95. The van der Waals surface area contributed by atoms with Gasteiger partial charge in [-0.05, 0) is 51.6 Å². The molecule has 0 aliphatic rings. The Morgan fingerprint density at radius 2 is 1.94 bits per heavy atom. The lowest BCUT2D eigenvalue weighted by molar-refractivity contribution is -0.115. The molecule has 4 heteroatoms. The van der Waals surface area contributed by atoms with Crippen LogP contribution in [0.5, 0.6) is 0 Å². The van der Waals surface area contributed by atoms with E-state index < -0.39 is 0 Å². The minimum atomic E-state index is -0.0174. The van der Waals surface area contributed by atoms with E-state index in [0.29, 0.717) is 6.54 Å². The van der Waals surface area contributed by atoms with Crippen molar-refractivity contribution in [3.63, 3.8) is 0 Å². The van der Waals surface area contributed by atoms with Gasteiger partial charge in [0.15, 0.2) is 0 Å². The second-order valence-corrected chi connectivity index (χ2v) is 4.25. The van der Waals surface area contributed by atoms with E-state index in [1.165, 1.54) is 5.69 Å². The highest BCUT2D eigenvalue weighted by Crippen LogP contribution is 2.22. The highest BCUT2D eigenvalue weighted by atomic mass is 16.1. The van der Waals surface area contributed by atoms with E-state index in [9.17, 15) is 4.79 Å². The largest absolute Gasteiger partial charge is 0.372 e. The molecule has 1 aromatic carbocycles. The van der Waals surface area contributed by atoms with E-state index in [4.69, 9.17) is 0 Å². The first-order chi connectivity index (χ1) is 8.62. The van der Waals surface area contributed by atoms with Crippen LogP contribution in [0.15, 0.2) is 18.2 Å². The van der Waals surface area contributed by atoms with Gasteiger partial charge in [-0.25, -0.2) is 0 Å². The minimum absolute atomic E-state index is 0.0174. The molecule has 0 fully saturated rings. The van der Waals surface area contributed by atoms with Crippen LogP contribution in [0.25, 0.3) is 0 Å². The second kappa shape index (κ2) is 7.01. The molecule has 0 heterocycles. The Morgan fingerprint density at radius 3 is 2.44 bits per heavy atom. The normalized spacial score (nSPS) is 10.2. The number of aryl methyl sites for hydroxylation is 1. The lowest BCUT2D eigenvalue weighted by atomic mass is 10.1. The van der Waals surface area contributed by atoms with E-state index in [1.807, 2.05) is 13.0 Å². The molecule has 2 N–H and O–H groups in total. The van der Waals surface area contributed by atoms with Crippen LogP contribution >= 0.6 is 0 Å². The molecular formula is C14H23N3O. The van der Waals surface area contributed by atoms with Gasteiger partial charge in [-0.1, -0.05) is 0 Å². The fourth-order valence-electron chi connectivity index (χ4n) is 1.93. The third kappa shape index (κ3) is 3.74. The topological polar surface area (TPSA) is 44.4 Å². The molecule has 18 heavy (non-hydrogen) atoms. The van der Waals surface area contributed by atoms with Crippen LogP contribution in [0, 0.1) is 6.92 Å². The molecule has 0 bridgehead atoms. The summed E-state index contributed by atoms with van der Waals surface area (Å²) in [5.74, 6) is -0.0174. The van der Waals surface area contributed by atoms with Crippen molar-refractivity contribution in [2.24, 2.45) is 0 Å². The fraction of sp³-hybridized carbons (Fsp3) is 0.500. The molecule has 0 aromatic heterocycles. The number of benzene rings is 1. The highest BCUT2D eigenvalue weighted by Gasteiger charge is 2.07. The zero-order valence-corrected chi connectivity index (χ0v) is 11.7. The first-order valence-corrected chi connectivity index (χ1v) is 6.42. The van der Waals surface area contributed by atoms with Crippen LogP contribution in [-0.4, -0.2) is 32.6 Å². The van der Waals surface area contributed by atoms with E-state index in [1.54, 1.807) is 7.05 Å². The molecule has 0 spiro atoms. The molecule has 4 nitrogen and oxygen atoms in total. The zero-order valence-electron chi connectivity index (χ0n) is 11.7. The van der Waals surface area contributed by atoms with Crippen LogP contribution in [0.2, 0.25) is 0 Å². The van der Waals surface area contributed by atoms with Crippen molar-refractivity contribution in [3.8, 4) is 0 Å². The average molecular weight is 249 g/mol. The summed E-state index contributed by atoms with van der Waals surface area (Å²) in [6.07, 6.45) is 0. The van der Waals surface area contributed by atoms with Gasteiger partial charge in [0.25, 0.3) is 0 Å². The predicted molar refractivity (Wildman–Crippen MR) is 77.3 cm³/mol. The van der Waals surface area contributed by atoms with Crippen molar-refractivity contribution < 1.29 is 4.79 Å². The maximum Gasteiger partial charge on any atom is 0.238 e. The van der Waals surface area contributed by atoms with Crippen LogP contribution in [0.4, 0.5) is 11.4 Å². The van der Waals surface area contributed by atoms with Gasteiger partial charge in [0.2, 0.25) is 5.91 Å². The van der Waals surface area contributed by atoms with Crippen molar-refractivity contribution in [1.29, 1.82) is 0 Å². The van der Waals surface area contributed by atoms with E-state index >= 15 is 0 Å². The molecule has 0 radical (unpaired) electrons. The first kappa shape index (κ1) is 14.5. The Balaban J connectivity index is 2.82. The number of nitrogens with zero attached hydrogens (tertiary/aromatic N) is 1. The van der Waals surface area contributed by atoms with Crippen LogP contribution in [0.1, 0.15) is 19.4 Å². The fourth-order valence-corrected chi connectivity index (χ4v) is 1.93. The minimum Gasteiger partial charge on any atom is -0.372 e. The standard InChI is InChI=1S/C14H23N3O/c1-5-17(6-2)12-7-8-13(11(3)9-12)16-14(18)10-15-4/h7-9,15H,5-6,10H2,1-4H3,(H,16,18). The zero-order chi connectivity index (χ0) is 13.5. The molecule has 0 atom stereocenters. The molecule has 100 valence electrons. The van der Waals surface area contributed by atoms with Gasteiger partial charge >= 0.3 is 0 Å². The van der Waals surface area contributed by atoms with Gasteiger partial charge in [-0.2, -0.15) is 0 Å². The summed E-state index contributed by atoms with van der Waals surface area (Å²) >= 11 is 0. The van der Waals surface area contributed by atoms with Crippen LogP contribution in [0.3, 0.4) is 0 Å². The van der Waals surface area contributed by atoms with Gasteiger partial charge in [0.05, 0.1) is 6.54 Å². The SMILES string of the molecule is CCN(CC)c1ccc(NC(=O)CNC)c(C)c1. The molecule has 0 saturated heterocycles. The molecule has 0 aliphatic heterocycles. The van der Waals surface area contributed by atoms with Gasteiger partial charge in [-0.3, -0.25) is 4.79 Å². The lowest BCUT2D eigenvalue weighted by Crippen LogP contribution is -2.25. The summed E-state index contributed by atoms with van der Waals surface area (Å²) in [7, 11) is 1.76. The number of anilines is 2. The lowest BCUT2D eigenvalue weighted by Gasteiger charge is -2.22. The molecular weight excluding hydrogens is 226 g/mol. The van der Waals surface area contributed by atoms with Gasteiger partial charge in [-0.15, -0.1) is 0 Å². The summed E-state index contributed by atoms with van der Waals surface area (Å²) in [6.45, 7) is 8.60. The van der Waals surface area contributed by atoms with Gasteiger partial charge in [0.1, 0.15) is 0 Å². The van der Waals surface area contributed by atoms with Crippen molar-refractivity contribution in [3.05, 3.63) is 23.8 Å². The Labute approximate surface area is 109 Å². The number of likely N-dealkylation sites (N-methyl/N-ethyl adjacent to an activating group) is 1. The van der Waals surface area contributed by atoms with Crippen molar-refractivity contribution in [2.45, 2.75) is 20.8 Å². The van der Waals surface area contributed by atoms with Crippen LogP contribution in [-0.2, 0) is 4.79 Å². The second-order valence-electron chi connectivity index (χ2n) is 4.25. The molecule has 1 amide bonds. The number of carbonyl (C=O) groups excluding carboxylic acids is 1. The maximum absolute atomic E-state index is 11.5. The summed E-state index contributed by atoms with van der Waals surface area (Å²) in [5, 5.41) is 5.73. The maximum atomic E-state index is 11.5. The average Bonchev–Trinajstić information content (AvgIpc) is 2.34. The molecule has 0 unspecified atom stereocenters. The number of amides is 1. The van der Waals surface area contributed by atoms with E-state index in [2.05, 4.69) is 41.5 Å². The van der Waals surface area contributed by atoms with Crippen LogP contribution < -0.4 is 15.5 Å². The summed E-state index contributed by atoms with van der Waals surface area (Å²) in [6, 6.07) is 6.13. The number of rotatable bonds is 6.